The third-order valence-electron chi connectivity index (χ3n) is 3.37. The summed E-state index contributed by atoms with van der Waals surface area (Å²) in [6, 6.07) is 0. The van der Waals surface area contributed by atoms with Crippen molar-refractivity contribution in [2.75, 3.05) is 45.8 Å². The lowest BCUT2D eigenvalue weighted by molar-refractivity contribution is -0.941. The molecule has 0 unspecified atom stereocenters. The number of nitrogens with zero attached hydrogens (tertiary/aromatic N) is 2. The molecule has 0 amide bonds. The van der Waals surface area contributed by atoms with Crippen molar-refractivity contribution in [3.63, 3.8) is 0 Å². The van der Waals surface area contributed by atoms with Gasteiger partial charge >= 0.3 is 0 Å². The van der Waals surface area contributed by atoms with Crippen molar-refractivity contribution in [1.82, 2.24) is 4.90 Å². The number of fused-ring (bicyclic) bond motifs is 3. The first kappa shape index (κ1) is 7.56. The molecule has 3 rings (SSSR count). The summed E-state index contributed by atoms with van der Waals surface area (Å²) in [6.45, 7) is 12.1. The van der Waals surface area contributed by atoms with Crippen LogP contribution < -0.4 is 0 Å². The predicted octanol–water partition coefficient (Wildman–Crippen LogP) is 0.542. The highest BCUT2D eigenvalue weighted by atomic mass is 15.4. The smallest absolute Gasteiger partial charge is 0.0916 e. The fraction of sp³-hybridized carbons (Fsp3) is 1.00. The van der Waals surface area contributed by atoms with Gasteiger partial charge in [-0.25, -0.2) is 0 Å². The minimum Gasteiger partial charge on any atom is -0.320 e. The topological polar surface area (TPSA) is 3.24 Å². The molecule has 0 atom stereocenters. The maximum absolute atomic E-state index is 2.61. The van der Waals surface area contributed by atoms with Crippen LogP contribution >= 0.6 is 0 Å². The standard InChI is InChI=1S/C9H19N2/c1-2-6-11-7-3-10(4-8-11)5-9-11/h2-9H2,1H3/q+1. The second-order valence-electron chi connectivity index (χ2n) is 4.08. The van der Waals surface area contributed by atoms with E-state index in [-0.39, 0.29) is 0 Å². The molecule has 3 aliphatic rings. The number of hydrogen-bond donors (Lipinski definition) is 0. The third kappa shape index (κ3) is 1.30. The average Bonchev–Trinajstić information content (AvgIpc) is 2.07. The molecule has 2 nitrogen and oxygen atoms in total. The number of quaternary nitrogens is 1. The Kier molecular flexibility index (Phi) is 1.90. The molecule has 0 aromatic rings. The van der Waals surface area contributed by atoms with Gasteiger partial charge in [-0.3, -0.25) is 4.90 Å². The van der Waals surface area contributed by atoms with Crippen molar-refractivity contribution in [2.45, 2.75) is 13.3 Å². The van der Waals surface area contributed by atoms with Gasteiger partial charge in [0.25, 0.3) is 0 Å². The Hall–Kier alpha value is -0.0800. The Morgan fingerprint density at radius 3 is 2.09 bits per heavy atom. The van der Waals surface area contributed by atoms with E-state index in [9.17, 15) is 0 Å². The van der Waals surface area contributed by atoms with E-state index in [2.05, 4.69) is 11.8 Å². The first-order chi connectivity index (χ1) is 5.35. The fourth-order valence-electron chi connectivity index (χ4n) is 2.54. The van der Waals surface area contributed by atoms with Crippen molar-refractivity contribution in [1.29, 1.82) is 0 Å². The zero-order valence-corrected chi connectivity index (χ0v) is 7.55. The lowest BCUT2D eigenvalue weighted by atomic mass is 10.1. The Labute approximate surface area is 69.4 Å². The lowest BCUT2D eigenvalue weighted by Gasteiger charge is -2.50. The molecule has 3 fully saturated rings. The molecule has 3 aliphatic heterocycles. The predicted molar refractivity (Wildman–Crippen MR) is 46.5 cm³/mol. The van der Waals surface area contributed by atoms with E-state index in [1.54, 1.807) is 0 Å². The zero-order chi connectivity index (χ0) is 7.73. The van der Waals surface area contributed by atoms with Gasteiger partial charge in [-0.05, 0) is 6.42 Å². The van der Waals surface area contributed by atoms with Crippen LogP contribution in [0.2, 0.25) is 0 Å². The Morgan fingerprint density at radius 1 is 1.09 bits per heavy atom. The minimum absolute atomic E-state index is 1.36. The molecule has 0 saturated carbocycles. The van der Waals surface area contributed by atoms with Crippen molar-refractivity contribution >= 4 is 0 Å². The molecule has 64 valence electrons. The highest BCUT2D eigenvalue weighted by Crippen LogP contribution is 2.19. The van der Waals surface area contributed by atoms with Crippen LogP contribution in [-0.4, -0.2) is 55.2 Å². The van der Waals surface area contributed by atoms with Gasteiger partial charge in [0.2, 0.25) is 0 Å². The lowest BCUT2D eigenvalue weighted by Crippen LogP contribution is -2.67. The van der Waals surface area contributed by atoms with Crippen molar-refractivity contribution in [2.24, 2.45) is 0 Å². The quantitative estimate of drug-likeness (QED) is 0.526. The highest BCUT2D eigenvalue weighted by molar-refractivity contribution is 4.70. The molecule has 0 spiro atoms. The number of hydrogen-bond acceptors (Lipinski definition) is 1. The van der Waals surface area contributed by atoms with E-state index in [1.165, 1.54) is 56.7 Å². The summed E-state index contributed by atoms with van der Waals surface area (Å²) in [4.78, 5) is 2.61. The Balaban J connectivity index is 2.00. The van der Waals surface area contributed by atoms with Crippen LogP contribution in [-0.2, 0) is 0 Å². The molecule has 2 bridgehead atoms. The van der Waals surface area contributed by atoms with E-state index < -0.39 is 0 Å². The van der Waals surface area contributed by atoms with Gasteiger partial charge in [0.1, 0.15) is 0 Å². The summed E-state index contributed by atoms with van der Waals surface area (Å²) in [5.74, 6) is 0. The van der Waals surface area contributed by atoms with Gasteiger partial charge in [0, 0.05) is 19.6 Å². The van der Waals surface area contributed by atoms with Gasteiger partial charge in [-0.1, -0.05) is 6.92 Å². The van der Waals surface area contributed by atoms with Crippen LogP contribution in [0.4, 0.5) is 0 Å². The van der Waals surface area contributed by atoms with Gasteiger partial charge in [0.15, 0.2) is 0 Å². The molecule has 0 radical (unpaired) electrons. The largest absolute Gasteiger partial charge is 0.320 e. The SMILES string of the molecule is CCC[N+]12CCN(CC1)CC2. The summed E-state index contributed by atoms with van der Waals surface area (Å²) in [6.07, 6.45) is 1.36. The van der Waals surface area contributed by atoms with Crippen LogP contribution in [0, 0.1) is 0 Å². The normalized spacial score (nSPS) is 42.8. The maximum Gasteiger partial charge on any atom is 0.0916 e. The third-order valence-corrected chi connectivity index (χ3v) is 3.37. The van der Waals surface area contributed by atoms with Crippen molar-refractivity contribution in [3.8, 4) is 0 Å². The first-order valence-corrected chi connectivity index (χ1v) is 4.92. The van der Waals surface area contributed by atoms with Crippen LogP contribution in [0.25, 0.3) is 0 Å². The van der Waals surface area contributed by atoms with E-state index >= 15 is 0 Å². The van der Waals surface area contributed by atoms with Gasteiger partial charge in [0.05, 0.1) is 26.2 Å². The molecule has 2 heteroatoms. The summed E-state index contributed by atoms with van der Waals surface area (Å²) < 4.78 is 1.44. The second kappa shape index (κ2) is 2.76. The first-order valence-electron chi connectivity index (χ1n) is 4.92. The summed E-state index contributed by atoms with van der Waals surface area (Å²) in [5, 5.41) is 0. The van der Waals surface area contributed by atoms with Crippen LogP contribution in [0.1, 0.15) is 13.3 Å². The fourth-order valence-corrected chi connectivity index (χ4v) is 2.54. The van der Waals surface area contributed by atoms with E-state index in [1.807, 2.05) is 0 Å². The van der Waals surface area contributed by atoms with Crippen LogP contribution in [0.5, 0.6) is 0 Å². The molecular formula is C9H19N2+. The van der Waals surface area contributed by atoms with Gasteiger partial charge in [-0.15, -0.1) is 0 Å². The number of rotatable bonds is 2. The van der Waals surface area contributed by atoms with Gasteiger partial charge in [-0.2, -0.15) is 0 Å². The molecule has 0 aliphatic carbocycles. The van der Waals surface area contributed by atoms with Crippen molar-refractivity contribution in [3.05, 3.63) is 0 Å². The molecular weight excluding hydrogens is 136 g/mol. The Morgan fingerprint density at radius 2 is 1.64 bits per heavy atom. The molecule has 0 aromatic carbocycles. The molecule has 11 heavy (non-hydrogen) atoms. The summed E-state index contributed by atoms with van der Waals surface area (Å²) in [5.41, 5.74) is 0. The van der Waals surface area contributed by atoms with E-state index in [4.69, 9.17) is 0 Å². The monoisotopic (exact) mass is 155 g/mol. The molecule has 0 aromatic heterocycles. The highest BCUT2D eigenvalue weighted by Gasteiger charge is 2.37. The van der Waals surface area contributed by atoms with Crippen LogP contribution in [0.3, 0.4) is 0 Å². The average molecular weight is 155 g/mol. The molecule has 3 saturated heterocycles. The second-order valence-corrected chi connectivity index (χ2v) is 4.08. The minimum atomic E-state index is 1.36. The maximum atomic E-state index is 2.61. The van der Waals surface area contributed by atoms with E-state index in [0.29, 0.717) is 0 Å². The molecule has 0 N–H and O–H groups in total. The van der Waals surface area contributed by atoms with Gasteiger partial charge < -0.3 is 4.48 Å². The zero-order valence-electron chi connectivity index (χ0n) is 7.55. The van der Waals surface area contributed by atoms with E-state index in [0.717, 1.165) is 0 Å². The Bertz CT molecular complexity index is 117. The molecule has 3 heterocycles. The number of piperazine rings is 3. The van der Waals surface area contributed by atoms with Crippen LogP contribution in [0.15, 0.2) is 0 Å². The van der Waals surface area contributed by atoms with Crippen molar-refractivity contribution < 1.29 is 4.48 Å². The summed E-state index contributed by atoms with van der Waals surface area (Å²) in [7, 11) is 0. The summed E-state index contributed by atoms with van der Waals surface area (Å²) >= 11 is 0.